The fourth-order valence-corrected chi connectivity index (χ4v) is 7.33. The highest BCUT2D eigenvalue weighted by molar-refractivity contribution is 7.20. The predicted molar refractivity (Wildman–Crippen MR) is 157 cm³/mol. The maximum Gasteiger partial charge on any atom is 0.328 e. The van der Waals surface area contributed by atoms with E-state index in [-0.39, 0.29) is 23.9 Å². The van der Waals surface area contributed by atoms with Crippen LogP contribution in [0.15, 0.2) is 54.6 Å². The van der Waals surface area contributed by atoms with Crippen LogP contribution in [0.25, 0.3) is 10.1 Å². The lowest BCUT2D eigenvalue weighted by molar-refractivity contribution is -0.151. The van der Waals surface area contributed by atoms with Crippen LogP contribution < -0.4 is 5.32 Å². The maximum absolute atomic E-state index is 13.1. The van der Waals surface area contributed by atoms with E-state index in [1.54, 1.807) is 0 Å². The van der Waals surface area contributed by atoms with Crippen molar-refractivity contribution in [3.63, 3.8) is 0 Å². The third-order valence-electron chi connectivity index (χ3n) is 8.61. The van der Waals surface area contributed by atoms with E-state index in [4.69, 9.17) is 9.84 Å². The van der Waals surface area contributed by atoms with Crippen molar-refractivity contribution in [2.24, 2.45) is 11.8 Å². The second-order valence-corrected chi connectivity index (χ2v) is 12.5. The van der Waals surface area contributed by atoms with Crippen LogP contribution in [0.3, 0.4) is 0 Å². The molecule has 0 spiro atoms. The van der Waals surface area contributed by atoms with Gasteiger partial charge in [-0.2, -0.15) is 0 Å². The Bertz CT molecular complexity index is 1220. The first-order valence-corrected chi connectivity index (χ1v) is 15.6. The van der Waals surface area contributed by atoms with Gasteiger partial charge in [0.1, 0.15) is 18.8 Å². The van der Waals surface area contributed by atoms with Gasteiger partial charge in [-0.05, 0) is 98.4 Å². The van der Waals surface area contributed by atoms with Crippen LogP contribution in [-0.2, 0) is 16.0 Å². The highest BCUT2D eigenvalue weighted by atomic mass is 32.1. The van der Waals surface area contributed by atoms with E-state index < -0.39 is 6.61 Å². The van der Waals surface area contributed by atoms with Gasteiger partial charge in [-0.25, -0.2) is 4.79 Å². The summed E-state index contributed by atoms with van der Waals surface area (Å²) < 4.78 is 7.00. The fourth-order valence-electron chi connectivity index (χ4n) is 6.27. The van der Waals surface area contributed by atoms with Crippen LogP contribution in [-0.4, -0.2) is 36.1 Å². The molecule has 5 nitrogen and oxygen atoms in total. The lowest BCUT2D eigenvalue weighted by Gasteiger charge is -2.30. The standard InChI is InChI=1S/C33H41NO4S/c35-22-29(36)31-20-27-18-17-24(19-30(27)39-31)8-6-7-23-13-15-25(16-14-23)21-34-32(26-9-2-1-3-10-26)33(37)38-28-11-4-5-12-28/h1-3,9-10,17-20,23,25,28,32,34-35H,4-8,11-16,21-22H2/t23?,25?,32-/m0/s1. The number of carbonyl (C=O) groups excluding carboxylic acids is 2. The number of aliphatic hydroxyl groups is 1. The third-order valence-corrected chi connectivity index (χ3v) is 9.75. The Labute approximate surface area is 236 Å². The molecule has 5 rings (SSSR count). The number of aliphatic hydroxyl groups excluding tert-OH is 1. The average Bonchev–Trinajstić information content (AvgIpc) is 3.64. The Morgan fingerprint density at radius 1 is 0.949 bits per heavy atom. The molecule has 2 aliphatic carbocycles. The molecular weight excluding hydrogens is 506 g/mol. The zero-order chi connectivity index (χ0) is 27.0. The number of aryl methyl sites for hydroxylation is 1. The topological polar surface area (TPSA) is 75.6 Å². The molecule has 2 aliphatic rings. The first-order valence-electron chi connectivity index (χ1n) is 14.7. The van der Waals surface area contributed by atoms with Crippen LogP contribution in [0.4, 0.5) is 0 Å². The van der Waals surface area contributed by atoms with Gasteiger partial charge in [0.2, 0.25) is 0 Å². The molecule has 208 valence electrons. The van der Waals surface area contributed by atoms with Gasteiger partial charge in [0, 0.05) is 4.70 Å². The van der Waals surface area contributed by atoms with Crippen molar-refractivity contribution in [3.05, 3.63) is 70.6 Å². The van der Waals surface area contributed by atoms with Crippen molar-refractivity contribution in [2.75, 3.05) is 13.2 Å². The molecule has 0 amide bonds. The molecule has 2 saturated carbocycles. The van der Waals surface area contributed by atoms with Crippen molar-refractivity contribution < 1.29 is 19.4 Å². The van der Waals surface area contributed by atoms with E-state index in [1.165, 1.54) is 55.4 Å². The summed E-state index contributed by atoms with van der Waals surface area (Å²) in [6, 6.07) is 18.0. The van der Waals surface area contributed by atoms with E-state index in [0.717, 1.165) is 60.2 Å². The Balaban J connectivity index is 1.06. The summed E-state index contributed by atoms with van der Waals surface area (Å²) >= 11 is 1.48. The Morgan fingerprint density at radius 2 is 1.69 bits per heavy atom. The van der Waals surface area contributed by atoms with E-state index >= 15 is 0 Å². The predicted octanol–water partition coefficient (Wildman–Crippen LogP) is 7.02. The molecule has 0 radical (unpaired) electrons. The minimum Gasteiger partial charge on any atom is -0.461 e. The molecule has 39 heavy (non-hydrogen) atoms. The van der Waals surface area contributed by atoms with Gasteiger partial charge in [0.25, 0.3) is 0 Å². The van der Waals surface area contributed by atoms with Gasteiger partial charge < -0.3 is 15.2 Å². The first kappa shape index (κ1) is 28.0. The van der Waals surface area contributed by atoms with Crippen LogP contribution in [0.2, 0.25) is 0 Å². The molecule has 0 unspecified atom stereocenters. The number of fused-ring (bicyclic) bond motifs is 1. The van der Waals surface area contributed by atoms with Gasteiger partial charge >= 0.3 is 5.97 Å². The molecule has 1 heterocycles. The van der Waals surface area contributed by atoms with Crippen molar-refractivity contribution in [1.82, 2.24) is 5.32 Å². The largest absolute Gasteiger partial charge is 0.461 e. The lowest BCUT2D eigenvalue weighted by Crippen LogP contribution is -2.36. The zero-order valence-corrected chi connectivity index (χ0v) is 23.6. The number of hydrogen-bond donors (Lipinski definition) is 2. The summed E-state index contributed by atoms with van der Waals surface area (Å²) in [4.78, 5) is 25.5. The lowest BCUT2D eigenvalue weighted by atomic mass is 9.79. The minimum absolute atomic E-state index is 0.0844. The molecule has 1 atom stereocenters. The number of thiophene rings is 1. The number of esters is 1. The monoisotopic (exact) mass is 547 g/mol. The highest BCUT2D eigenvalue weighted by Crippen LogP contribution is 2.33. The van der Waals surface area contributed by atoms with Gasteiger partial charge in [-0.15, -0.1) is 11.3 Å². The molecule has 0 bridgehead atoms. The second kappa shape index (κ2) is 13.7. The molecule has 6 heteroatoms. The molecule has 2 fully saturated rings. The van der Waals surface area contributed by atoms with Crippen molar-refractivity contribution >= 4 is 33.2 Å². The highest BCUT2D eigenvalue weighted by Gasteiger charge is 2.28. The van der Waals surface area contributed by atoms with Gasteiger partial charge in [-0.1, -0.05) is 61.7 Å². The van der Waals surface area contributed by atoms with Crippen molar-refractivity contribution in [1.29, 1.82) is 0 Å². The number of nitrogens with one attached hydrogen (secondary N) is 1. The fraction of sp³-hybridized carbons (Fsp3) is 0.515. The average molecular weight is 548 g/mol. The molecule has 3 aromatic rings. The summed E-state index contributed by atoms with van der Waals surface area (Å²) in [5.74, 6) is 1.04. The van der Waals surface area contributed by atoms with E-state index in [1.807, 2.05) is 36.4 Å². The Kier molecular flexibility index (Phi) is 9.83. The summed E-state index contributed by atoms with van der Waals surface area (Å²) in [5.41, 5.74) is 2.31. The van der Waals surface area contributed by atoms with E-state index in [9.17, 15) is 9.59 Å². The Hall–Kier alpha value is -2.54. The maximum atomic E-state index is 13.1. The van der Waals surface area contributed by atoms with E-state index in [2.05, 4.69) is 23.5 Å². The zero-order valence-electron chi connectivity index (χ0n) is 22.8. The van der Waals surface area contributed by atoms with Crippen molar-refractivity contribution in [2.45, 2.75) is 82.8 Å². The van der Waals surface area contributed by atoms with Crippen molar-refractivity contribution in [3.8, 4) is 0 Å². The number of rotatable bonds is 12. The number of ketones is 1. The second-order valence-electron chi connectivity index (χ2n) is 11.4. The van der Waals surface area contributed by atoms with Gasteiger partial charge in [-0.3, -0.25) is 4.79 Å². The molecule has 2 aromatic carbocycles. The SMILES string of the molecule is O=C(CO)c1cc2ccc(CCCC3CCC(CN[C@H](C(=O)OC4CCCC4)c4ccccc4)CC3)cc2s1. The van der Waals surface area contributed by atoms with Crippen LogP contribution in [0.5, 0.6) is 0 Å². The number of hydrogen-bond acceptors (Lipinski definition) is 6. The van der Waals surface area contributed by atoms with Gasteiger partial charge in [0.05, 0.1) is 4.88 Å². The summed E-state index contributed by atoms with van der Waals surface area (Å²) in [7, 11) is 0. The molecule has 1 aromatic heterocycles. The number of carbonyl (C=O) groups is 2. The normalized spacial score (nSPS) is 20.7. The van der Waals surface area contributed by atoms with Crippen LogP contribution >= 0.6 is 11.3 Å². The smallest absolute Gasteiger partial charge is 0.328 e. The van der Waals surface area contributed by atoms with E-state index in [0.29, 0.717) is 10.8 Å². The summed E-state index contributed by atoms with van der Waals surface area (Å²) in [5, 5.41) is 13.8. The first-order chi connectivity index (χ1) is 19.1. The number of benzene rings is 2. The third kappa shape index (κ3) is 7.56. The van der Waals surface area contributed by atoms with Crippen LogP contribution in [0, 0.1) is 11.8 Å². The molecular formula is C33H41NO4S. The summed E-state index contributed by atoms with van der Waals surface area (Å²) in [6.07, 6.45) is 12.8. The molecule has 2 N–H and O–H groups in total. The summed E-state index contributed by atoms with van der Waals surface area (Å²) in [6.45, 7) is 0.423. The Morgan fingerprint density at radius 3 is 2.44 bits per heavy atom. The van der Waals surface area contributed by atoms with Crippen LogP contribution in [0.1, 0.15) is 91.0 Å². The minimum atomic E-state index is -0.432. The molecule has 0 aliphatic heterocycles. The number of Topliss-reactive ketones (excluding diaryl/α,β-unsaturated/α-hetero) is 1. The number of ether oxygens (including phenoxy) is 1. The quantitative estimate of drug-likeness (QED) is 0.188. The molecule has 0 saturated heterocycles. The van der Waals surface area contributed by atoms with Gasteiger partial charge in [0.15, 0.2) is 5.78 Å².